The van der Waals surface area contributed by atoms with Gasteiger partial charge in [0.2, 0.25) is 0 Å². The van der Waals surface area contributed by atoms with Crippen LogP contribution in [0.1, 0.15) is 26.7 Å². The van der Waals surface area contributed by atoms with E-state index in [-0.39, 0.29) is 19.4 Å². The average Bonchev–Trinajstić information content (AvgIpc) is 2.28. The number of carbonyl (C=O) groups is 2. The van der Waals surface area contributed by atoms with Crippen molar-refractivity contribution in [2.45, 2.75) is 32.7 Å². The van der Waals surface area contributed by atoms with Gasteiger partial charge in [0.05, 0.1) is 0 Å². The van der Waals surface area contributed by atoms with Crippen molar-refractivity contribution < 1.29 is 19.4 Å². The van der Waals surface area contributed by atoms with Crippen molar-refractivity contribution >= 4 is 11.9 Å². The molecule has 16 heavy (non-hydrogen) atoms. The molecule has 0 aliphatic carbocycles. The molecule has 0 aliphatic heterocycles. The summed E-state index contributed by atoms with van der Waals surface area (Å²) in [6.07, 6.45) is -0.0178. The van der Waals surface area contributed by atoms with Crippen LogP contribution in [0.5, 0.6) is 0 Å². The van der Waals surface area contributed by atoms with E-state index in [0.29, 0.717) is 6.54 Å². The number of nitrogens with two attached hydrogens (primary N) is 1. The second-order valence-corrected chi connectivity index (χ2v) is 2.81. The third-order valence-electron chi connectivity index (χ3n) is 1.57. The predicted molar refractivity (Wildman–Crippen MR) is 61.1 cm³/mol. The minimum absolute atomic E-state index is 0.105. The number of hydrogen-bond donors (Lipinski definition) is 3. The topological polar surface area (TPSA) is 102 Å². The Morgan fingerprint density at radius 1 is 1.44 bits per heavy atom. The summed E-state index contributed by atoms with van der Waals surface area (Å²) in [6, 6.07) is -0.844. The zero-order chi connectivity index (χ0) is 13.0. The van der Waals surface area contributed by atoms with Crippen LogP contribution in [0, 0.1) is 0 Å². The highest BCUT2D eigenvalue weighted by atomic mass is 16.5. The van der Waals surface area contributed by atoms with Crippen LogP contribution in [-0.2, 0) is 14.3 Å². The molecule has 0 aliphatic rings. The van der Waals surface area contributed by atoms with Gasteiger partial charge in [0.1, 0.15) is 12.6 Å². The van der Waals surface area contributed by atoms with Gasteiger partial charge in [0.25, 0.3) is 0 Å². The lowest BCUT2D eigenvalue weighted by Crippen LogP contribution is -2.34. The summed E-state index contributed by atoms with van der Waals surface area (Å²) in [5, 5.41) is 11.1. The second kappa shape index (κ2) is 11.9. The van der Waals surface area contributed by atoms with Gasteiger partial charge in [-0.1, -0.05) is 13.8 Å². The number of esters is 1. The molecule has 0 aromatic rings. The van der Waals surface area contributed by atoms with E-state index in [4.69, 9.17) is 15.6 Å². The maximum atomic E-state index is 11.1. The first-order valence-corrected chi connectivity index (χ1v) is 5.36. The fourth-order valence-electron chi connectivity index (χ4n) is 0.758. The molecule has 0 spiro atoms. The summed E-state index contributed by atoms with van der Waals surface area (Å²) in [5.41, 5.74) is 5.39. The highest BCUT2D eigenvalue weighted by molar-refractivity contribution is 5.76. The van der Waals surface area contributed by atoms with Gasteiger partial charge >= 0.3 is 11.9 Å². The molecule has 0 fully saturated rings. The van der Waals surface area contributed by atoms with Crippen molar-refractivity contribution in [2.75, 3.05) is 20.2 Å². The van der Waals surface area contributed by atoms with E-state index in [9.17, 15) is 9.59 Å². The summed E-state index contributed by atoms with van der Waals surface area (Å²) >= 11 is 0. The number of carboxylic acids is 1. The maximum Gasteiger partial charge on any atom is 0.322 e. The molecule has 0 rings (SSSR count). The fraction of sp³-hybridized carbons (Fsp3) is 0.800. The summed E-state index contributed by atoms with van der Waals surface area (Å²) in [7, 11) is 1.73. The predicted octanol–water partition coefficient (Wildman–Crippen LogP) is -0.0327. The Bertz CT molecular complexity index is 197. The van der Waals surface area contributed by atoms with E-state index >= 15 is 0 Å². The lowest BCUT2D eigenvalue weighted by molar-refractivity contribution is -0.145. The number of carbonyl (C=O) groups excluding carboxylic acids is 1. The first kappa shape index (κ1) is 17.3. The second-order valence-electron chi connectivity index (χ2n) is 2.81. The summed E-state index contributed by atoms with van der Waals surface area (Å²) < 4.78 is 4.76. The molecule has 0 amide bonds. The quantitative estimate of drug-likeness (QED) is 0.422. The molecule has 0 aromatic heterocycles. The van der Waals surface area contributed by atoms with E-state index in [1.165, 1.54) is 0 Å². The first-order chi connectivity index (χ1) is 7.57. The minimum atomic E-state index is -0.969. The van der Waals surface area contributed by atoms with Gasteiger partial charge < -0.3 is 20.9 Å². The van der Waals surface area contributed by atoms with Crippen LogP contribution in [0.25, 0.3) is 0 Å². The maximum absolute atomic E-state index is 11.1. The average molecular weight is 234 g/mol. The highest BCUT2D eigenvalue weighted by Crippen LogP contribution is 1.96. The van der Waals surface area contributed by atoms with Gasteiger partial charge in [-0.15, -0.1) is 0 Å². The number of hydrogen-bond acceptors (Lipinski definition) is 5. The Kier molecular flexibility index (Phi) is 12.9. The van der Waals surface area contributed by atoms with Crippen molar-refractivity contribution in [1.29, 1.82) is 0 Å². The highest BCUT2D eigenvalue weighted by Gasteiger charge is 2.15. The lowest BCUT2D eigenvalue weighted by Gasteiger charge is -2.09. The van der Waals surface area contributed by atoms with Gasteiger partial charge in [0.15, 0.2) is 0 Å². The molecule has 6 heteroatoms. The molecule has 0 saturated heterocycles. The van der Waals surface area contributed by atoms with Gasteiger partial charge in [-0.3, -0.25) is 9.59 Å². The lowest BCUT2D eigenvalue weighted by atomic mass is 10.2. The van der Waals surface area contributed by atoms with Gasteiger partial charge in [-0.05, 0) is 13.5 Å². The van der Waals surface area contributed by atoms with E-state index in [0.717, 1.165) is 0 Å². The van der Waals surface area contributed by atoms with E-state index in [2.05, 4.69) is 5.32 Å². The normalized spacial score (nSPS) is 11.0. The molecular weight excluding hydrogens is 212 g/mol. The minimum Gasteiger partial charge on any atom is -0.481 e. The zero-order valence-corrected chi connectivity index (χ0v) is 10.2. The number of ether oxygens (including phenoxy) is 1. The summed E-state index contributed by atoms with van der Waals surface area (Å²) in [5.74, 6) is -1.52. The standard InChI is InChI=1S/C8H16N2O4.C2H6/c1-10-4-5-14-8(13)6(9)2-3-7(11)12;1-2/h6,10H,2-5,9H2,1H3,(H,11,12);1-2H3. The monoisotopic (exact) mass is 234 g/mol. The van der Waals surface area contributed by atoms with Gasteiger partial charge in [0, 0.05) is 13.0 Å². The third-order valence-corrected chi connectivity index (χ3v) is 1.57. The van der Waals surface area contributed by atoms with Crippen molar-refractivity contribution in [3.8, 4) is 0 Å². The molecule has 4 N–H and O–H groups in total. The van der Waals surface area contributed by atoms with Crippen molar-refractivity contribution in [3.63, 3.8) is 0 Å². The van der Waals surface area contributed by atoms with Crippen LogP contribution in [0.3, 0.4) is 0 Å². The Morgan fingerprint density at radius 2 is 2.00 bits per heavy atom. The summed E-state index contributed by atoms with van der Waals surface area (Å²) in [4.78, 5) is 21.2. The Labute approximate surface area is 96.2 Å². The number of likely N-dealkylation sites (N-methyl/N-ethyl adjacent to an activating group) is 1. The molecule has 96 valence electrons. The Balaban J connectivity index is 0. The van der Waals surface area contributed by atoms with E-state index in [1.54, 1.807) is 7.05 Å². The molecular formula is C10H22N2O4. The third kappa shape index (κ3) is 10.9. The van der Waals surface area contributed by atoms with Gasteiger partial charge in [-0.25, -0.2) is 0 Å². The molecule has 0 aromatic carbocycles. The van der Waals surface area contributed by atoms with Crippen LogP contribution in [0.2, 0.25) is 0 Å². The van der Waals surface area contributed by atoms with Crippen LogP contribution >= 0.6 is 0 Å². The number of carboxylic acid groups (broad SMARTS) is 1. The smallest absolute Gasteiger partial charge is 0.322 e. The fourth-order valence-corrected chi connectivity index (χ4v) is 0.758. The Morgan fingerprint density at radius 3 is 2.44 bits per heavy atom. The zero-order valence-electron chi connectivity index (χ0n) is 10.2. The molecule has 0 bridgehead atoms. The molecule has 0 heterocycles. The van der Waals surface area contributed by atoms with Crippen LogP contribution in [-0.4, -0.2) is 43.3 Å². The van der Waals surface area contributed by atoms with Crippen molar-refractivity contribution in [3.05, 3.63) is 0 Å². The van der Waals surface area contributed by atoms with Crippen LogP contribution < -0.4 is 11.1 Å². The van der Waals surface area contributed by atoms with Crippen LogP contribution in [0.15, 0.2) is 0 Å². The number of nitrogens with one attached hydrogen (secondary N) is 1. The van der Waals surface area contributed by atoms with Crippen LogP contribution in [0.4, 0.5) is 0 Å². The van der Waals surface area contributed by atoms with Gasteiger partial charge in [-0.2, -0.15) is 0 Å². The number of rotatable bonds is 7. The van der Waals surface area contributed by atoms with Crippen molar-refractivity contribution in [1.82, 2.24) is 5.32 Å². The SMILES string of the molecule is CC.CNCCOC(=O)C(N)CCC(=O)O. The first-order valence-electron chi connectivity index (χ1n) is 5.36. The summed E-state index contributed by atoms with van der Waals surface area (Å²) in [6.45, 7) is 4.80. The van der Waals surface area contributed by atoms with E-state index in [1.807, 2.05) is 13.8 Å². The molecule has 0 saturated carbocycles. The van der Waals surface area contributed by atoms with E-state index < -0.39 is 18.0 Å². The molecule has 6 nitrogen and oxygen atoms in total. The molecule has 1 atom stereocenters. The Hall–Kier alpha value is -1.14. The van der Waals surface area contributed by atoms with Crippen molar-refractivity contribution in [2.24, 2.45) is 5.73 Å². The largest absolute Gasteiger partial charge is 0.481 e. The molecule has 0 radical (unpaired) electrons. The number of aliphatic carboxylic acids is 1. The molecule has 1 unspecified atom stereocenters.